The summed E-state index contributed by atoms with van der Waals surface area (Å²) in [6, 6.07) is 0. The number of rotatable bonds is 4. The fourth-order valence-electron chi connectivity index (χ4n) is 1.96. The van der Waals surface area contributed by atoms with Crippen molar-refractivity contribution in [2.75, 3.05) is 27.7 Å². The van der Waals surface area contributed by atoms with Crippen molar-refractivity contribution in [2.45, 2.75) is 0 Å². The number of carboxylic acid groups (broad SMARTS) is 1. The summed E-state index contributed by atoms with van der Waals surface area (Å²) in [5.74, 6) is -2.53. The minimum absolute atomic E-state index is 0.0926. The summed E-state index contributed by atoms with van der Waals surface area (Å²) < 4.78 is 0.651. The van der Waals surface area contributed by atoms with Crippen LogP contribution >= 0.6 is 0 Å². The van der Waals surface area contributed by atoms with E-state index in [9.17, 15) is 9.59 Å². The molecule has 3 N–H and O–H groups in total. The predicted molar refractivity (Wildman–Crippen MR) is 50.2 cm³/mol. The highest BCUT2D eigenvalue weighted by Gasteiger charge is 2.60. The van der Waals surface area contributed by atoms with Crippen molar-refractivity contribution in [1.29, 1.82) is 0 Å². The van der Waals surface area contributed by atoms with E-state index in [-0.39, 0.29) is 5.92 Å². The third-order valence-electron chi connectivity index (χ3n) is 2.54. The molecule has 14 heavy (non-hydrogen) atoms. The first-order valence-electron chi connectivity index (χ1n) is 4.56. The van der Waals surface area contributed by atoms with Crippen LogP contribution < -0.4 is 5.73 Å². The average Bonchev–Trinajstić information content (AvgIpc) is 2.57. The molecule has 2 unspecified atom stereocenters. The first-order chi connectivity index (χ1) is 6.24. The first-order valence-corrected chi connectivity index (χ1v) is 4.56. The zero-order chi connectivity index (χ0) is 11.1. The van der Waals surface area contributed by atoms with E-state index in [2.05, 4.69) is 0 Å². The third kappa shape index (κ3) is 2.23. The number of hydrogen-bond acceptors (Lipinski definition) is 2. The van der Waals surface area contributed by atoms with Crippen molar-refractivity contribution in [3.05, 3.63) is 0 Å². The number of nitrogens with two attached hydrogens (primary N) is 1. The van der Waals surface area contributed by atoms with Gasteiger partial charge < -0.3 is 15.3 Å². The van der Waals surface area contributed by atoms with Gasteiger partial charge in [0.05, 0.1) is 39.5 Å². The van der Waals surface area contributed by atoms with Crippen LogP contribution in [0.2, 0.25) is 0 Å². The molecule has 0 aliphatic heterocycles. The number of aliphatic carboxylic acids is 1. The van der Waals surface area contributed by atoms with Crippen molar-refractivity contribution < 1.29 is 19.2 Å². The first kappa shape index (κ1) is 11.0. The number of hydrogen-bond donors (Lipinski definition) is 2. The van der Waals surface area contributed by atoms with Crippen LogP contribution in [-0.2, 0) is 9.59 Å². The number of carbonyl (C=O) groups excluding carboxylic acids is 1. The summed E-state index contributed by atoms with van der Waals surface area (Å²) >= 11 is 0. The van der Waals surface area contributed by atoms with E-state index in [1.807, 2.05) is 21.1 Å². The van der Waals surface area contributed by atoms with Gasteiger partial charge in [-0.1, -0.05) is 0 Å². The molecule has 1 aliphatic carbocycles. The molecule has 0 aromatic carbocycles. The summed E-state index contributed by atoms with van der Waals surface area (Å²) in [6.07, 6.45) is 0. The molecule has 0 aromatic rings. The topological polar surface area (TPSA) is 80.4 Å². The molecule has 1 fully saturated rings. The van der Waals surface area contributed by atoms with Crippen molar-refractivity contribution in [2.24, 2.45) is 23.5 Å². The Morgan fingerprint density at radius 2 is 1.79 bits per heavy atom. The van der Waals surface area contributed by atoms with Gasteiger partial charge >= 0.3 is 5.97 Å². The lowest BCUT2D eigenvalue weighted by Crippen LogP contribution is -2.37. The molecular formula is C9H17N2O3+. The molecular weight excluding hydrogens is 184 g/mol. The van der Waals surface area contributed by atoms with Gasteiger partial charge in [0, 0.05) is 5.92 Å². The maximum absolute atomic E-state index is 10.9. The summed E-state index contributed by atoms with van der Waals surface area (Å²) in [5, 5.41) is 8.83. The van der Waals surface area contributed by atoms with Crippen LogP contribution in [0.25, 0.3) is 0 Å². The van der Waals surface area contributed by atoms with Gasteiger partial charge in [-0.2, -0.15) is 0 Å². The van der Waals surface area contributed by atoms with Gasteiger partial charge in [0.15, 0.2) is 0 Å². The van der Waals surface area contributed by atoms with Crippen molar-refractivity contribution in [1.82, 2.24) is 0 Å². The van der Waals surface area contributed by atoms with Crippen LogP contribution in [0.4, 0.5) is 0 Å². The third-order valence-corrected chi connectivity index (χ3v) is 2.54. The zero-order valence-corrected chi connectivity index (χ0v) is 8.73. The molecule has 0 spiro atoms. The van der Waals surface area contributed by atoms with Crippen LogP contribution in [0, 0.1) is 17.8 Å². The van der Waals surface area contributed by atoms with Crippen LogP contribution in [0.15, 0.2) is 0 Å². The molecule has 0 aromatic heterocycles. The summed E-state index contributed by atoms with van der Waals surface area (Å²) in [7, 11) is 5.90. The molecule has 0 heterocycles. The summed E-state index contributed by atoms with van der Waals surface area (Å²) in [6.45, 7) is 0.671. The van der Waals surface area contributed by atoms with Gasteiger partial charge in [-0.25, -0.2) is 0 Å². The predicted octanol–water partition coefficient (Wildman–Crippen LogP) is -0.875. The van der Waals surface area contributed by atoms with Crippen molar-refractivity contribution in [3.8, 4) is 0 Å². The monoisotopic (exact) mass is 201 g/mol. The van der Waals surface area contributed by atoms with Gasteiger partial charge in [0.2, 0.25) is 5.91 Å². The Balaban J connectivity index is 2.64. The summed E-state index contributed by atoms with van der Waals surface area (Å²) in [4.78, 5) is 21.7. The molecule has 80 valence electrons. The fourth-order valence-corrected chi connectivity index (χ4v) is 1.96. The number of amides is 1. The molecule has 0 bridgehead atoms. The van der Waals surface area contributed by atoms with Crippen molar-refractivity contribution >= 4 is 11.9 Å². The number of nitrogens with zero attached hydrogens (tertiary/aromatic N) is 1. The lowest BCUT2D eigenvalue weighted by Gasteiger charge is -2.23. The second kappa shape index (κ2) is 3.24. The van der Waals surface area contributed by atoms with Crippen molar-refractivity contribution in [3.63, 3.8) is 0 Å². The van der Waals surface area contributed by atoms with E-state index in [0.717, 1.165) is 0 Å². The number of carbonyl (C=O) groups is 2. The standard InChI is InChI=1S/C9H16N2O3/c1-11(2,3)4-5-6(8(10)12)7(5)9(13)14/h5-7H,4H2,1-3H3,(H2-,10,12,13,14)/p+1/t5-,6?,7?/m1/s1. The molecule has 3 atom stereocenters. The Bertz CT molecular complexity index is 250. The maximum Gasteiger partial charge on any atom is 0.307 e. The number of primary amides is 1. The summed E-state index contributed by atoms with van der Waals surface area (Å²) in [5.41, 5.74) is 5.13. The van der Waals surface area contributed by atoms with Gasteiger partial charge in [0.25, 0.3) is 0 Å². The lowest BCUT2D eigenvalue weighted by molar-refractivity contribution is -0.872. The Morgan fingerprint density at radius 3 is 2.00 bits per heavy atom. The van der Waals surface area contributed by atoms with E-state index >= 15 is 0 Å². The molecule has 1 rings (SSSR count). The van der Waals surface area contributed by atoms with Crippen LogP contribution in [0.3, 0.4) is 0 Å². The SMILES string of the molecule is C[N+](C)(C)C[C@@H]1C(C(N)=O)C1C(=O)O. The second-order valence-electron chi connectivity index (χ2n) is 4.93. The fraction of sp³-hybridized carbons (Fsp3) is 0.778. The Hall–Kier alpha value is -1.10. The highest BCUT2D eigenvalue weighted by molar-refractivity contribution is 5.89. The highest BCUT2D eigenvalue weighted by Crippen LogP contribution is 2.47. The lowest BCUT2D eigenvalue weighted by atomic mass is 10.3. The molecule has 0 saturated heterocycles. The van der Waals surface area contributed by atoms with E-state index in [4.69, 9.17) is 10.8 Å². The van der Waals surface area contributed by atoms with Crippen LogP contribution in [-0.4, -0.2) is 49.2 Å². The van der Waals surface area contributed by atoms with Crippen LogP contribution in [0.1, 0.15) is 0 Å². The van der Waals surface area contributed by atoms with Gasteiger partial charge in [0.1, 0.15) is 0 Å². The van der Waals surface area contributed by atoms with Gasteiger partial charge in [-0.15, -0.1) is 0 Å². The van der Waals surface area contributed by atoms with Gasteiger partial charge in [-0.3, -0.25) is 9.59 Å². The van der Waals surface area contributed by atoms with Crippen LogP contribution in [0.5, 0.6) is 0 Å². The largest absolute Gasteiger partial charge is 0.481 e. The molecule has 1 amide bonds. The Kier molecular flexibility index (Phi) is 2.54. The minimum Gasteiger partial charge on any atom is -0.481 e. The number of carboxylic acids is 1. The molecule has 0 radical (unpaired) electrons. The molecule has 5 heteroatoms. The van der Waals surface area contributed by atoms with Gasteiger partial charge in [-0.05, 0) is 0 Å². The smallest absolute Gasteiger partial charge is 0.307 e. The highest BCUT2D eigenvalue weighted by atomic mass is 16.4. The van der Waals surface area contributed by atoms with E-state index in [1.165, 1.54) is 0 Å². The molecule has 5 nitrogen and oxygen atoms in total. The Morgan fingerprint density at radius 1 is 1.29 bits per heavy atom. The quantitative estimate of drug-likeness (QED) is 0.580. The normalized spacial score (nSPS) is 31.2. The molecule has 1 saturated carbocycles. The number of quaternary nitrogens is 1. The minimum atomic E-state index is -0.910. The van der Waals surface area contributed by atoms with E-state index in [0.29, 0.717) is 11.0 Å². The Labute approximate surface area is 83.1 Å². The zero-order valence-electron chi connectivity index (χ0n) is 8.73. The van der Waals surface area contributed by atoms with E-state index in [1.54, 1.807) is 0 Å². The maximum atomic E-state index is 10.9. The average molecular weight is 201 g/mol. The molecule has 1 aliphatic rings. The van der Waals surface area contributed by atoms with E-state index < -0.39 is 23.7 Å². The second-order valence-corrected chi connectivity index (χ2v) is 4.93.